The largest absolute Gasteiger partial charge is 0.399 e. The molecule has 1 saturated heterocycles. The molecule has 1 aliphatic heterocycles. The Morgan fingerprint density at radius 3 is 2.45 bits per heavy atom. The number of halogens is 1. The molecule has 8 nitrogen and oxygen atoms in total. The van der Waals surface area contributed by atoms with Gasteiger partial charge in [-0.2, -0.15) is 0 Å². The van der Waals surface area contributed by atoms with Gasteiger partial charge in [0.2, 0.25) is 5.91 Å². The molecule has 3 aromatic carbocycles. The van der Waals surface area contributed by atoms with Crippen molar-refractivity contribution in [1.82, 2.24) is 14.0 Å². The third-order valence-electron chi connectivity index (χ3n) is 7.59. The third kappa shape index (κ3) is 4.58. The van der Waals surface area contributed by atoms with E-state index in [1.807, 2.05) is 31.2 Å². The molecule has 0 spiro atoms. The van der Waals surface area contributed by atoms with Crippen LogP contribution in [0.5, 0.6) is 0 Å². The molecule has 5 rings (SSSR count). The van der Waals surface area contributed by atoms with E-state index in [0.29, 0.717) is 57.3 Å². The Labute approximate surface area is 237 Å². The second kappa shape index (κ2) is 10.4. The second-order valence-corrected chi connectivity index (χ2v) is 11.1. The van der Waals surface area contributed by atoms with Gasteiger partial charge in [-0.15, -0.1) is 0 Å². The van der Waals surface area contributed by atoms with E-state index in [2.05, 4.69) is 20.4 Å². The maximum Gasteiger partial charge on any atom is 0.321 e. The van der Waals surface area contributed by atoms with Crippen LogP contribution in [0.1, 0.15) is 30.9 Å². The summed E-state index contributed by atoms with van der Waals surface area (Å²) in [6, 6.07) is 14.5. The Kier molecular flexibility index (Phi) is 7.06. The molecule has 1 aliphatic rings. The normalized spacial score (nSPS) is 13.6. The number of nitrogen functional groups attached to an aromatic ring is 2. The predicted molar refractivity (Wildman–Crippen MR) is 162 cm³/mol. The smallest absolute Gasteiger partial charge is 0.321 e. The third-order valence-corrected chi connectivity index (χ3v) is 7.91. The van der Waals surface area contributed by atoms with Gasteiger partial charge in [0.1, 0.15) is 0 Å². The minimum atomic E-state index is -0.657. The van der Waals surface area contributed by atoms with Gasteiger partial charge in [-0.1, -0.05) is 50.2 Å². The minimum Gasteiger partial charge on any atom is -0.399 e. The van der Waals surface area contributed by atoms with Crippen LogP contribution in [-0.4, -0.2) is 33.0 Å². The highest BCUT2D eigenvalue weighted by Gasteiger charge is 2.31. The lowest BCUT2D eigenvalue weighted by Crippen LogP contribution is -2.52. The van der Waals surface area contributed by atoms with Crippen LogP contribution in [0, 0.1) is 12.8 Å². The van der Waals surface area contributed by atoms with E-state index >= 15 is 0 Å². The van der Waals surface area contributed by atoms with Gasteiger partial charge in [0.05, 0.1) is 21.7 Å². The Morgan fingerprint density at radius 2 is 1.77 bits per heavy atom. The van der Waals surface area contributed by atoms with Crippen LogP contribution < -0.4 is 22.6 Å². The van der Waals surface area contributed by atoms with Gasteiger partial charge in [-0.05, 0) is 60.4 Å². The SMILES string of the molecule is C=CC(=O)N1CC(Cn2c(=O)c(=O)n(-c3c(C)cccc3C(C)C)c3cc(-c4cc(N)ccc4N)c(Cl)cc32)C1. The van der Waals surface area contributed by atoms with Gasteiger partial charge < -0.3 is 20.9 Å². The van der Waals surface area contributed by atoms with Crippen molar-refractivity contribution in [2.75, 3.05) is 24.6 Å². The second-order valence-electron chi connectivity index (χ2n) is 10.7. The van der Waals surface area contributed by atoms with E-state index in [0.717, 1.165) is 11.1 Å². The van der Waals surface area contributed by atoms with Gasteiger partial charge in [-0.25, -0.2) is 0 Å². The van der Waals surface area contributed by atoms with E-state index in [-0.39, 0.29) is 24.3 Å². The van der Waals surface area contributed by atoms with Crippen LogP contribution in [0.15, 0.2) is 70.8 Å². The molecule has 4 aromatic rings. The zero-order valence-electron chi connectivity index (χ0n) is 22.8. The molecule has 1 aromatic heterocycles. The Balaban J connectivity index is 1.82. The van der Waals surface area contributed by atoms with Crippen molar-refractivity contribution in [3.8, 4) is 16.8 Å². The molecule has 0 unspecified atom stereocenters. The lowest BCUT2D eigenvalue weighted by Gasteiger charge is -2.39. The van der Waals surface area contributed by atoms with Gasteiger partial charge >= 0.3 is 11.1 Å². The fraction of sp³-hybridized carbons (Fsp3) is 0.258. The maximum absolute atomic E-state index is 14.0. The summed E-state index contributed by atoms with van der Waals surface area (Å²) in [5, 5.41) is 0.370. The molecule has 0 aliphatic carbocycles. The molecule has 0 atom stereocenters. The number of anilines is 2. The Bertz CT molecular complexity index is 1800. The van der Waals surface area contributed by atoms with Gasteiger partial charge in [0.25, 0.3) is 0 Å². The number of nitrogens with zero attached hydrogens (tertiary/aromatic N) is 3. The molecule has 0 radical (unpaired) electrons. The van der Waals surface area contributed by atoms with E-state index < -0.39 is 11.1 Å². The van der Waals surface area contributed by atoms with E-state index in [9.17, 15) is 14.4 Å². The summed E-state index contributed by atoms with van der Waals surface area (Å²) >= 11 is 6.84. The molecule has 0 saturated carbocycles. The summed E-state index contributed by atoms with van der Waals surface area (Å²) in [6.45, 7) is 10.8. The number of aromatic nitrogens is 2. The number of hydrogen-bond donors (Lipinski definition) is 2. The number of likely N-dealkylation sites (tertiary alicyclic amines) is 1. The van der Waals surface area contributed by atoms with E-state index in [1.165, 1.54) is 15.2 Å². The lowest BCUT2D eigenvalue weighted by molar-refractivity contribution is -0.132. The summed E-state index contributed by atoms with van der Waals surface area (Å²) in [5.74, 6) is -0.0521. The minimum absolute atomic E-state index is 0.00718. The number of rotatable bonds is 6. The van der Waals surface area contributed by atoms with Crippen LogP contribution in [0.3, 0.4) is 0 Å². The van der Waals surface area contributed by atoms with Crippen molar-refractivity contribution in [1.29, 1.82) is 0 Å². The van der Waals surface area contributed by atoms with Crippen molar-refractivity contribution in [2.45, 2.75) is 33.2 Å². The first-order chi connectivity index (χ1) is 19.0. The van der Waals surface area contributed by atoms with Gasteiger partial charge in [0, 0.05) is 48.1 Å². The van der Waals surface area contributed by atoms with Crippen LogP contribution in [0.25, 0.3) is 27.8 Å². The Hall–Kier alpha value is -4.30. The number of amides is 1. The molecule has 0 bridgehead atoms. The first-order valence-corrected chi connectivity index (χ1v) is 13.5. The van der Waals surface area contributed by atoms with Crippen molar-refractivity contribution in [2.24, 2.45) is 5.92 Å². The highest BCUT2D eigenvalue weighted by molar-refractivity contribution is 6.34. The summed E-state index contributed by atoms with van der Waals surface area (Å²) < 4.78 is 3.00. The summed E-state index contributed by atoms with van der Waals surface area (Å²) in [5.41, 5.74) is 16.9. The summed E-state index contributed by atoms with van der Waals surface area (Å²) in [7, 11) is 0. The topological polar surface area (TPSA) is 116 Å². The molecular weight excluding hydrogens is 526 g/mol. The maximum atomic E-state index is 14.0. The molecule has 2 heterocycles. The van der Waals surface area contributed by atoms with E-state index in [1.54, 1.807) is 29.2 Å². The van der Waals surface area contributed by atoms with Crippen molar-refractivity contribution >= 4 is 39.9 Å². The van der Waals surface area contributed by atoms with Crippen LogP contribution in [-0.2, 0) is 11.3 Å². The lowest BCUT2D eigenvalue weighted by atomic mass is 9.97. The predicted octanol–water partition coefficient (Wildman–Crippen LogP) is 4.71. The standard InChI is InChI=1S/C31H32ClN5O3/c1-5-28(38)35-14-19(15-35)16-36-26-13-24(32)22(23-11-20(33)9-10-25(23)34)12-27(26)37(31(40)30(36)39)29-18(4)7-6-8-21(29)17(2)3/h5-13,17,19H,1,14-16,33-34H2,2-4H3. The van der Waals surface area contributed by atoms with Crippen LogP contribution in [0.2, 0.25) is 5.02 Å². The molecule has 9 heteroatoms. The number of carbonyl (C=O) groups excluding carboxylic acids is 1. The summed E-state index contributed by atoms with van der Waals surface area (Å²) in [6.07, 6.45) is 1.27. The molecule has 1 amide bonds. The van der Waals surface area contributed by atoms with Gasteiger partial charge in [-0.3, -0.25) is 19.0 Å². The number of nitrogens with two attached hydrogens (primary N) is 2. The molecule has 4 N–H and O–H groups in total. The quantitative estimate of drug-likeness (QED) is 0.202. The van der Waals surface area contributed by atoms with Crippen LogP contribution >= 0.6 is 11.6 Å². The zero-order chi connectivity index (χ0) is 28.9. The molecule has 1 fully saturated rings. The van der Waals surface area contributed by atoms with Crippen LogP contribution in [0.4, 0.5) is 11.4 Å². The molecule has 206 valence electrons. The van der Waals surface area contributed by atoms with Crippen molar-refractivity contribution in [3.63, 3.8) is 0 Å². The monoisotopic (exact) mass is 557 g/mol. The first kappa shape index (κ1) is 27.3. The van der Waals surface area contributed by atoms with Crippen molar-refractivity contribution in [3.05, 3.63) is 98.0 Å². The highest BCUT2D eigenvalue weighted by atomic mass is 35.5. The average molecular weight is 558 g/mol. The number of para-hydroxylation sites is 1. The Morgan fingerprint density at radius 1 is 1.05 bits per heavy atom. The molecular formula is C31H32ClN5O3. The summed E-state index contributed by atoms with van der Waals surface area (Å²) in [4.78, 5) is 41.3. The highest BCUT2D eigenvalue weighted by Crippen LogP contribution is 2.37. The zero-order valence-corrected chi connectivity index (χ0v) is 23.5. The number of benzene rings is 3. The average Bonchev–Trinajstić information content (AvgIpc) is 2.89. The number of aryl methyl sites for hydroxylation is 1. The number of hydrogen-bond acceptors (Lipinski definition) is 5. The first-order valence-electron chi connectivity index (χ1n) is 13.2. The van der Waals surface area contributed by atoms with Gasteiger partial charge in [0.15, 0.2) is 0 Å². The molecule has 40 heavy (non-hydrogen) atoms. The number of fused-ring (bicyclic) bond motifs is 1. The van der Waals surface area contributed by atoms with Crippen molar-refractivity contribution < 1.29 is 4.79 Å². The van der Waals surface area contributed by atoms with E-state index in [4.69, 9.17) is 23.1 Å². The fourth-order valence-corrected chi connectivity index (χ4v) is 5.76. The number of carbonyl (C=O) groups is 1. The fourth-order valence-electron chi connectivity index (χ4n) is 5.50.